The van der Waals surface area contributed by atoms with Crippen LogP contribution in [0.1, 0.15) is 16.7 Å². The second-order valence-electron chi connectivity index (χ2n) is 4.18. The normalized spacial score (nSPS) is 10.0. The predicted molar refractivity (Wildman–Crippen MR) is 71.1 cm³/mol. The van der Waals surface area contributed by atoms with Gasteiger partial charge in [0.25, 0.3) is 0 Å². The van der Waals surface area contributed by atoms with E-state index in [0.29, 0.717) is 10.6 Å². The maximum absolute atomic E-state index is 8.92. The Bertz CT molecular complexity index is 589. The van der Waals surface area contributed by atoms with Gasteiger partial charge in [-0.15, -0.1) is 0 Å². The van der Waals surface area contributed by atoms with Gasteiger partial charge in [0.05, 0.1) is 11.6 Å². The van der Waals surface area contributed by atoms with Crippen molar-refractivity contribution in [3.63, 3.8) is 0 Å². The summed E-state index contributed by atoms with van der Waals surface area (Å²) in [5.41, 5.74) is 4.99. The third kappa shape index (κ3) is 2.49. The fourth-order valence-electron chi connectivity index (χ4n) is 1.95. The quantitative estimate of drug-likeness (QED) is 0.721. The Hall–Kier alpha value is -1.78. The molecule has 0 heterocycles. The van der Waals surface area contributed by atoms with E-state index in [4.69, 9.17) is 16.9 Å². The minimum Gasteiger partial charge on any atom is -0.192 e. The number of nitrogens with zero attached hydrogens (tertiary/aromatic N) is 1. The van der Waals surface area contributed by atoms with Crippen molar-refractivity contribution >= 4 is 11.6 Å². The molecule has 17 heavy (non-hydrogen) atoms. The van der Waals surface area contributed by atoms with Gasteiger partial charge in [-0.05, 0) is 37.6 Å². The van der Waals surface area contributed by atoms with E-state index in [1.54, 1.807) is 12.1 Å². The van der Waals surface area contributed by atoms with E-state index >= 15 is 0 Å². The number of hydrogen-bond donors (Lipinski definition) is 0. The summed E-state index contributed by atoms with van der Waals surface area (Å²) in [6.45, 7) is 4.11. The second-order valence-corrected chi connectivity index (χ2v) is 4.59. The number of hydrogen-bond acceptors (Lipinski definition) is 1. The molecule has 0 aliphatic rings. The van der Waals surface area contributed by atoms with E-state index in [2.05, 4.69) is 38.1 Å². The lowest BCUT2D eigenvalue weighted by Crippen LogP contribution is -1.85. The van der Waals surface area contributed by atoms with Crippen LogP contribution in [0.3, 0.4) is 0 Å². The van der Waals surface area contributed by atoms with Crippen LogP contribution in [-0.4, -0.2) is 0 Å². The van der Waals surface area contributed by atoms with Crippen LogP contribution in [0.25, 0.3) is 11.1 Å². The number of nitriles is 1. The molecule has 0 unspecified atom stereocenters. The molecule has 0 fully saturated rings. The van der Waals surface area contributed by atoms with Crippen molar-refractivity contribution in [1.82, 2.24) is 0 Å². The standard InChI is InChI=1S/C15H12ClN/c1-10-5-11(2)7-13(6-10)14-8-12(9-17)3-4-15(14)16/h3-8H,1-2H3. The fraction of sp³-hybridized carbons (Fsp3) is 0.133. The number of halogens is 1. The van der Waals surface area contributed by atoms with E-state index in [9.17, 15) is 0 Å². The average molecular weight is 242 g/mol. The van der Waals surface area contributed by atoms with Crippen molar-refractivity contribution in [2.24, 2.45) is 0 Å². The highest BCUT2D eigenvalue weighted by molar-refractivity contribution is 6.33. The van der Waals surface area contributed by atoms with Crippen LogP contribution in [0.4, 0.5) is 0 Å². The molecule has 0 radical (unpaired) electrons. The number of aryl methyl sites for hydroxylation is 2. The lowest BCUT2D eigenvalue weighted by molar-refractivity contribution is 1.38. The SMILES string of the molecule is Cc1cc(C)cc(-c2cc(C#N)ccc2Cl)c1. The second kappa shape index (κ2) is 4.61. The van der Waals surface area contributed by atoms with Crippen molar-refractivity contribution in [2.45, 2.75) is 13.8 Å². The molecule has 2 aromatic carbocycles. The smallest absolute Gasteiger partial charge is 0.0991 e. The maximum atomic E-state index is 8.92. The fourth-order valence-corrected chi connectivity index (χ4v) is 2.17. The molecule has 0 aliphatic heterocycles. The lowest BCUT2D eigenvalue weighted by atomic mass is 9.99. The van der Waals surface area contributed by atoms with Gasteiger partial charge >= 0.3 is 0 Å². The first kappa shape index (κ1) is 11.7. The first-order chi connectivity index (χ1) is 8.10. The van der Waals surface area contributed by atoms with Crippen LogP contribution < -0.4 is 0 Å². The van der Waals surface area contributed by atoms with E-state index in [1.807, 2.05) is 6.07 Å². The Balaban J connectivity index is 2.63. The Kier molecular flexibility index (Phi) is 3.17. The van der Waals surface area contributed by atoms with Gasteiger partial charge in [-0.25, -0.2) is 0 Å². The molecule has 0 amide bonds. The average Bonchev–Trinajstić information content (AvgIpc) is 2.28. The Morgan fingerprint density at radius 3 is 2.24 bits per heavy atom. The van der Waals surface area contributed by atoms with E-state index in [-0.39, 0.29) is 0 Å². The molecular formula is C15H12ClN. The van der Waals surface area contributed by atoms with Crippen LogP contribution >= 0.6 is 11.6 Å². The molecule has 2 heteroatoms. The maximum Gasteiger partial charge on any atom is 0.0991 e. The highest BCUT2D eigenvalue weighted by atomic mass is 35.5. The summed E-state index contributed by atoms with van der Waals surface area (Å²) in [5, 5.41) is 9.59. The molecular weight excluding hydrogens is 230 g/mol. The minimum absolute atomic E-state index is 0.628. The summed E-state index contributed by atoms with van der Waals surface area (Å²) in [6.07, 6.45) is 0. The number of rotatable bonds is 1. The van der Waals surface area contributed by atoms with Crippen LogP contribution in [0.2, 0.25) is 5.02 Å². The zero-order valence-electron chi connectivity index (χ0n) is 9.79. The molecule has 1 nitrogen and oxygen atoms in total. The van der Waals surface area contributed by atoms with Crippen molar-refractivity contribution in [2.75, 3.05) is 0 Å². The largest absolute Gasteiger partial charge is 0.192 e. The first-order valence-corrected chi connectivity index (χ1v) is 5.76. The zero-order chi connectivity index (χ0) is 12.4. The van der Waals surface area contributed by atoms with Gasteiger partial charge in [0.2, 0.25) is 0 Å². The van der Waals surface area contributed by atoms with Gasteiger partial charge in [-0.1, -0.05) is 40.9 Å². The van der Waals surface area contributed by atoms with E-state index < -0.39 is 0 Å². The van der Waals surface area contributed by atoms with Crippen molar-refractivity contribution in [3.8, 4) is 17.2 Å². The lowest BCUT2D eigenvalue weighted by Gasteiger charge is -2.07. The molecule has 2 aromatic rings. The van der Waals surface area contributed by atoms with Crippen LogP contribution in [0.5, 0.6) is 0 Å². The molecule has 84 valence electrons. The van der Waals surface area contributed by atoms with Gasteiger partial charge in [0, 0.05) is 10.6 Å². The van der Waals surface area contributed by atoms with Crippen molar-refractivity contribution in [3.05, 3.63) is 58.1 Å². The van der Waals surface area contributed by atoms with Gasteiger partial charge in [0.15, 0.2) is 0 Å². The van der Waals surface area contributed by atoms with Gasteiger partial charge in [-0.3, -0.25) is 0 Å². The molecule has 0 atom stereocenters. The molecule has 0 saturated heterocycles. The molecule has 0 aliphatic carbocycles. The van der Waals surface area contributed by atoms with Gasteiger partial charge in [0.1, 0.15) is 0 Å². The van der Waals surface area contributed by atoms with Crippen LogP contribution in [0, 0.1) is 25.2 Å². The molecule has 0 saturated carbocycles. The van der Waals surface area contributed by atoms with Crippen LogP contribution in [0.15, 0.2) is 36.4 Å². The van der Waals surface area contributed by atoms with E-state index in [1.165, 1.54) is 11.1 Å². The summed E-state index contributed by atoms with van der Waals surface area (Å²) in [6, 6.07) is 13.7. The van der Waals surface area contributed by atoms with E-state index in [0.717, 1.165) is 11.1 Å². The molecule has 0 N–H and O–H groups in total. The summed E-state index contributed by atoms with van der Waals surface area (Å²) >= 11 is 6.18. The number of benzene rings is 2. The summed E-state index contributed by atoms with van der Waals surface area (Å²) in [4.78, 5) is 0. The topological polar surface area (TPSA) is 23.8 Å². The highest BCUT2D eigenvalue weighted by Gasteiger charge is 2.06. The minimum atomic E-state index is 0.628. The highest BCUT2D eigenvalue weighted by Crippen LogP contribution is 2.30. The van der Waals surface area contributed by atoms with Gasteiger partial charge in [-0.2, -0.15) is 5.26 Å². The monoisotopic (exact) mass is 241 g/mol. The molecule has 2 rings (SSSR count). The summed E-state index contributed by atoms with van der Waals surface area (Å²) < 4.78 is 0. The Morgan fingerprint density at radius 1 is 1.00 bits per heavy atom. The molecule has 0 bridgehead atoms. The third-order valence-corrected chi connectivity index (χ3v) is 2.96. The third-order valence-electron chi connectivity index (χ3n) is 2.63. The van der Waals surface area contributed by atoms with Gasteiger partial charge < -0.3 is 0 Å². The zero-order valence-corrected chi connectivity index (χ0v) is 10.5. The summed E-state index contributed by atoms with van der Waals surface area (Å²) in [7, 11) is 0. The Morgan fingerprint density at radius 2 is 1.65 bits per heavy atom. The van der Waals surface area contributed by atoms with Crippen molar-refractivity contribution < 1.29 is 0 Å². The van der Waals surface area contributed by atoms with Crippen molar-refractivity contribution in [1.29, 1.82) is 5.26 Å². The first-order valence-electron chi connectivity index (χ1n) is 5.38. The Labute approximate surface area is 106 Å². The molecule has 0 spiro atoms. The van der Waals surface area contributed by atoms with Crippen LogP contribution in [-0.2, 0) is 0 Å². The molecule has 0 aromatic heterocycles. The predicted octanol–water partition coefficient (Wildman–Crippen LogP) is 4.50. The summed E-state index contributed by atoms with van der Waals surface area (Å²) in [5.74, 6) is 0.